The Hall–Kier alpha value is -2.08. The lowest BCUT2D eigenvalue weighted by Gasteiger charge is -2.19. The van der Waals surface area contributed by atoms with Crippen molar-refractivity contribution in [1.82, 2.24) is 4.98 Å². The van der Waals surface area contributed by atoms with E-state index in [9.17, 15) is 0 Å². The molecule has 0 radical (unpaired) electrons. The van der Waals surface area contributed by atoms with Crippen LogP contribution in [0.4, 0.5) is 5.82 Å². The minimum Gasteiger partial charge on any atom is -0.409 e. The molecule has 0 unspecified atom stereocenters. The second-order valence-corrected chi connectivity index (χ2v) is 5.17. The van der Waals surface area contributed by atoms with E-state index in [2.05, 4.69) is 26.1 Å². The topological polar surface area (TPSA) is 74.7 Å². The van der Waals surface area contributed by atoms with Gasteiger partial charge in [0, 0.05) is 18.1 Å². The summed E-state index contributed by atoms with van der Waals surface area (Å²) in [5.74, 6) is 0.756. The molecule has 0 fully saturated rings. The third kappa shape index (κ3) is 3.27. The highest BCUT2D eigenvalue weighted by Crippen LogP contribution is 2.20. The molecule has 1 heterocycles. The number of hydrogen-bond donors (Lipinski definition) is 2. The van der Waals surface area contributed by atoms with Crippen LogP contribution < -0.4 is 10.6 Å². The number of amidine groups is 1. The van der Waals surface area contributed by atoms with Gasteiger partial charge in [-0.15, -0.1) is 0 Å². The summed E-state index contributed by atoms with van der Waals surface area (Å²) in [7, 11) is 1.94. The fraction of sp³-hybridized carbons (Fsp3) is 0.143. The number of aromatic nitrogens is 1. The van der Waals surface area contributed by atoms with Crippen molar-refractivity contribution in [3.8, 4) is 0 Å². The zero-order valence-corrected chi connectivity index (χ0v) is 12.6. The largest absolute Gasteiger partial charge is 0.409 e. The number of nitrogens with two attached hydrogens (primary N) is 1. The molecule has 2 aromatic rings. The Labute approximate surface area is 125 Å². The van der Waals surface area contributed by atoms with Crippen LogP contribution in [0.25, 0.3) is 0 Å². The Bertz CT molecular complexity index is 630. The smallest absolute Gasteiger partial charge is 0.188 e. The first-order valence-electron chi connectivity index (χ1n) is 6.01. The summed E-state index contributed by atoms with van der Waals surface area (Å²) in [5.41, 5.74) is 7.16. The van der Waals surface area contributed by atoms with Crippen molar-refractivity contribution >= 4 is 27.6 Å². The molecular formula is C14H15BrN4O. The lowest BCUT2D eigenvalue weighted by atomic mass is 10.2. The molecule has 20 heavy (non-hydrogen) atoms. The Morgan fingerprint density at radius 1 is 1.30 bits per heavy atom. The van der Waals surface area contributed by atoms with Gasteiger partial charge in [-0.2, -0.15) is 0 Å². The van der Waals surface area contributed by atoms with Crippen molar-refractivity contribution in [3.05, 3.63) is 58.2 Å². The van der Waals surface area contributed by atoms with Gasteiger partial charge in [0.1, 0.15) is 11.5 Å². The van der Waals surface area contributed by atoms with Crippen LogP contribution in [0, 0.1) is 0 Å². The SMILES string of the molecule is CN(Cc1ccccc1Br)c1cccc(C(N)=NO)n1. The average molecular weight is 335 g/mol. The quantitative estimate of drug-likeness (QED) is 0.390. The van der Waals surface area contributed by atoms with E-state index in [4.69, 9.17) is 10.9 Å². The summed E-state index contributed by atoms with van der Waals surface area (Å²) < 4.78 is 1.06. The van der Waals surface area contributed by atoms with Crippen LogP contribution in [0.1, 0.15) is 11.3 Å². The molecular weight excluding hydrogens is 320 g/mol. The van der Waals surface area contributed by atoms with Crippen molar-refractivity contribution in [3.63, 3.8) is 0 Å². The summed E-state index contributed by atoms with van der Waals surface area (Å²) in [6.07, 6.45) is 0. The first kappa shape index (κ1) is 14.3. The second-order valence-electron chi connectivity index (χ2n) is 4.31. The van der Waals surface area contributed by atoms with Crippen LogP contribution in [-0.4, -0.2) is 23.1 Å². The van der Waals surface area contributed by atoms with Crippen LogP contribution in [-0.2, 0) is 6.54 Å². The van der Waals surface area contributed by atoms with Gasteiger partial charge in [0.05, 0.1) is 0 Å². The molecule has 1 aromatic carbocycles. The molecule has 0 atom stereocenters. The lowest BCUT2D eigenvalue weighted by Crippen LogP contribution is -2.21. The van der Waals surface area contributed by atoms with E-state index in [1.165, 1.54) is 0 Å². The van der Waals surface area contributed by atoms with E-state index < -0.39 is 0 Å². The molecule has 0 bridgehead atoms. The summed E-state index contributed by atoms with van der Waals surface area (Å²) in [6.45, 7) is 0.702. The van der Waals surface area contributed by atoms with Crippen molar-refractivity contribution < 1.29 is 5.21 Å². The number of nitrogens with zero attached hydrogens (tertiary/aromatic N) is 3. The first-order chi connectivity index (χ1) is 9.61. The summed E-state index contributed by atoms with van der Waals surface area (Å²) in [4.78, 5) is 6.36. The third-order valence-corrected chi connectivity index (χ3v) is 3.63. The highest BCUT2D eigenvalue weighted by Gasteiger charge is 2.08. The summed E-state index contributed by atoms with van der Waals surface area (Å²) >= 11 is 3.53. The van der Waals surface area contributed by atoms with Gasteiger partial charge < -0.3 is 15.8 Å². The molecule has 1 aromatic heterocycles. The molecule has 0 amide bonds. The molecule has 0 spiro atoms. The number of hydrogen-bond acceptors (Lipinski definition) is 4. The average Bonchev–Trinajstić information content (AvgIpc) is 2.49. The Morgan fingerprint density at radius 3 is 2.75 bits per heavy atom. The molecule has 3 N–H and O–H groups in total. The van der Waals surface area contributed by atoms with Crippen molar-refractivity contribution in [1.29, 1.82) is 0 Å². The number of pyridine rings is 1. The predicted octanol–water partition coefficient (Wildman–Crippen LogP) is 2.58. The molecule has 6 heteroatoms. The number of rotatable bonds is 4. The Kier molecular flexibility index (Phi) is 4.57. The monoisotopic (exact) mass is 334 g/mol. The molecule has 0 aliphatic heterocycles. The standard InChI is InChI=1S/C14H15BrN4O/c1-19(9-10-5-2-3-6-11(10)15)13-8-4-7-12(17-13)14(16)18-20/h2-8,20H,9H2,1H3,(H2,16,18). The fourth-order valence-electron chi connectivity index (χ4n) is 1.79. The molecule has 104 valence electrons. The van der Waals surface area contributed by atoms with E-state index in [0.29, 0.717) is 12.2 Å². The molecule has 0 aliphatic carbocycles. The highest BCUT2D eigenvalue weighted by atomic mass is 79.9. The van der Waals surface area contributed by atoms with Gasteiger partial charge in [0.2, 0.25) is 0 Å². The first-order valence-corrected chi connectivity index (χ1v) is 6.80. The molecule has 0 aliphatic rings. The molecule has 0 saturated carbocycles. The van der Waals surface area contributed by atoms with Crippen LogP contribution in [0.5, 0.6) is 0 Å². The fourth-order valence-corrected chi connectivity index (χ4v) is 2.20. The number of halogens is 1. The maximum Gasteiger partial charge on any atom is 0.188 e. The van der Waals surface area contributed by atoms with Crippen LogP contribution >= 0.6 is 15.9 Å². The van der Waals surface area contributed by atoms with E-state index in [1.54, 1.807) is 6.07 Å². The third-order valence-electron chi connectivity index (χ3n) is 2.86. The van der Waals surface area contributed by atoms with E-state index in [-0.39, 0.29) is 5.84 Å². The van der Waals surface area contributed by atoms with Crippen LogP contribution in [0.2, 0.25) is 0 Å². The maximum atomic E-state index is 8.69. The number of oxime groups is 1. The summed E-state index contributed by atoms with van der Waals surface area (Å²) in [6, 6.07) is 13.4. The van der Waals surface area contributed by atoms with Gasteiger partial charge in [-0.3, -0.25) is 0 Å². The normalized spacial score (nSPS) is 11.4. The van der Waals surface area contributed by atoms with Crippen molar-refractivity contribution in [2.75, 3.05) is 11.9 Å². The number of anilines is 1. The Morgan fingerprint density at radius 2 is 2.05 bits per heavy atom. The van der Waals surface area contributed by atoms with Gasteiger partial charge in [0.15, 0.2) is 5.84 Å². The minimum atomic E-state index is 0.00106. The van der Waals surface area contributed by atoms with Gasteiger partial charge in [-0.25, -0.2) is 4.98 Å². The van der Waals surface area contributed by atoms with Crippen LogP contribution in [0.15, 0.2) is 52.1 Å². The predicted molar refractivity (Wildman–Crippen MR) is 83.0 cm³/mol. The lowest BCUT2D eigenvalue weighted by molar-refractivity contribution is 0.318. The van der Waals surface area contributed by atoms with E-state index >= 15 is 0 Å². The van der Waals surface area contributed by atoms with Gasteiger partial charge in [-0.05, 0) is 23.8 Å². The van der Waals surface area contributed by atoms with E-state index in [1.807, 2.05) is 48.3 Å². The van der Waals surface area contributed by atoms with E-state index in [0.717, 1.165) is 15.9 Å². The zero-order valence-electron chi connectivity index (χ0n) is 11.0. The summed E-state index contributed by atoms with van der Waals surface area (Å²) in [5, 5.41) is 11.7. The van der Waals surface area contributed by atoms with Crippen molar-refractivity contribution in [2.24, 2.45) is 10.9 Å². The molecule has 2 rings (SSSR count). The second kappa shape index (κ2) is 6.38. The van der Waals surface area contributed by atoms with Gasteiger partial charge in [0.25, 0.3) is 0 Å². The molecule has 0 saturated heterocycles. The highest BCUT2D eigenvalue weighted by molar-refractivity contribution is 9.10. The minimum absolute atomic E-state index is 0.00106. The van der Waals surface area contributed by atoms with Gasteiger partial charge >= 0.3 is 0 Å². The Balaban J connectivity index is 2.21. The molecule has 5 nitrogen and oxygen atoms in total. The number of benzene rings is 1. The van der Waals surface area contributed by atoms with Gasteiger partial charge in [-0.1, -0.05) is 45.4 Å². The van der Waals surface area contributed by atoms with Crippen LogP contribution in [0.3, 0.4) is 0 Å². The zero-order chi connectivity index (χ0) is 14.5. The van der Waals surface area contributed by atoms with Crippen molar-refractivity contribution in [2.45, 2.75) is 6.54 Å². The maximum absolute atomic E-state index is 8.69.